The zero-order chi connectivity index (χ0) is 8.10. The summed E-state index contributed by atoms with van der Waals surface area (Å²) in [6, 6.07) is 0. The zero-order valence-corrected chi connectivity index (χ0v) is 6.23. The summed E-state index contributed by atoms with van der Waals surface area (Å²) < 4.78 is 1.64. The van der Waals surface area contributed by atoms with E-state index in [1.54, 1.807) is 17.1 Å². The van der Waals surface area contributed by atoms with Crippen LogP contribution in [0.3, 0.4) is 0 Å². The van der Waals surface area contributed by atoms with Crippen molar-refractivity contribution in [3.8, 4) is 0 Å². The molecular formula is C7H11N3O. The van der Waals surface area contributed by atoms with Gasteiger partial charge in [0.15, 0.2) is 0 Å². The van der Waals surface area contributed by atoms with Gasteiger partial charge in [-0.25, -0.2) is 10.6 Å². The molecular weight excluding hydrogens is 142 g/mol. The van der Waals surface area contributed by atoms with Crippen LogP contribution in [0, 0.1) is 0 Å². The fourth-order valence-electron chi connectivity index (χ4n) is 0.783. The summed E-state index contributed by atoms with van der Waals surface area (Å²) in [7, 11) is 0. The van der Waals surface area contributed by atoms with Gasteiger partial charge in [-0.15, -0.1) is 0 Å². The topological polar surface area (TPSA) is 53.1 Å². The Kier molecular flexibility index (Phi) is 2.83. The maximum Gasteiger partial charge on any atom is 0.0720 e. The molecule has 0 saturated carbocycles. The Bertz CT molecular complexity index is 231. The lowest BCUT2D eigenvalue weighted by atomic mass is 10.3. The number of hydrogen-bond donors (Lipinski definition) is 1. The minimum absolute atomic E-state index is 0.517. The normalized spacial score (nSPS) is 9.91. The Hall–Kier alpha value is -1.13. The van der Waals surface area contributed by atoms with Gasteiger partial charge in [0.25, 0.3) is 0 Å². The third-order valence-electron chi connectivity index (χ3n) is 1.35. The largest absolute Gasteiger partial charge is 0.304 e. The maximum absolute atomic E-state index is 4.87. The van der Waals surface area contributed by atoms with Crippen molar-refractivity contribution in [3.63, 3.8) is 0 Å². The van der Waals surface area contributed by atoms with Gasteiger partial charge in [0.05, 0.1) is 12.8 Å². The average molecular weight is 153 g/mol. The van der Waals surface area contributed by atoms with Crippen molar-refractivity contribution in [2.24, 2.45) is 5.90 Å². The Morgan fingerprint density at radius 3 is 3.18 bits per heavy atom. The molecule has 1 heterocycles. The smallest absolute Gasteiger partial charge is 0.0720 e. The molecule has 1 rings (SSSR count). The van der Waals surface area contributed by atoms with Gasteiger partial charge in [0, 0.05) is 18.8 Å². The third kappa shape index (κ3) is 2.18. The second kappa shape index (κ2) is 3.90. The number of hydrogen-bond acceptors (Lipinski definition) is 3. The summed E-state index contributed by atoms with van der Waals surface area (Å²) >= 11 is 0. The highest BCUT2D eigenvalue weighted by molar-refractivity contribution is 5.17. The Morgan fingerprint density at radius 1 is 1.82 bits per heavy atom. The Morgan fingerprint density at radius 2 is 2.64 bits per heavy atom. The van der Waals surface area contributed by atoms with Gasteiger partial charge in [0.1, 0.15) is 0 Å². The highest BCUT2D eigenvalue weighted by Crippen LogP contribution is 1.98. The van der Waals surface area contributed by atoms with Crippen LogP contribution in [0.1, 0.15) is 5.56 Å². The van der Waals surface area contributed by atoms with Crippen molar-refractivity contribution >= 4 is 6.20 Å². The standard InChI is InChI=1S/C7H11N3O/c1-2-10-6-7(5-9-10)3-4-11-8/h2,5-6H,1,3-4,8H2. The van der Waals surface area contributed by atoms with Crippen LogP contribution < -0.4 is 5.90 Å². The molecule has 4 nitrogen and oxygen atoms in total. The molecule has 0 unspecified atom stereocenters. The van der Waals surface area contributed by atoms with E-state index in [0.29, 0.717) is 6.61 Å². The minimum Gasteiger partial charge on any atom is -0.304 e. The van der Waals surface area contributed by atoms with E-state index >= 15 is 0 Å². The van der Waals surface area contributed by atoms with Crippen molar-refractivity contribution < 1.29 is 4.84 Å². The number of aromatic nitrogens is 2. The highest BCUT2D eigenvalue weighted by atomic mass is 16.6. The van der Waals surface area contributed by atoms with Crippen molar-refractivity contribution in [3.05, 3.63) is 24.5 Å². The number of rotatable bonds is 4. The zero-order valence-electron chi connectivity index (χ0n) is 6.23. The van der Waals surface area contributed by atoms with Crippen LogP contribution in [-0.4, -0.2) is 16.4 Å². The molecule has 0 bridgehead atoms. The molecule has 0 radical (unpaired) electrons. The van der Waals surface area contributed by atoms with Gasteiger partial charge in [-0.3, -0.25) is 0 Å². The van der Waals surface area contributed by atoms with E-state index in [4.69, 9.17) is 5.90 Å². The maximum atomic E-state index is 4.87. The molecule has 0 fully saturated rings. The lowest BCUT2D eigenvalue weighted by Gasteiger charge is -1.92. The first-order chi connectivity index (χ1) is 5.36. The summed E-state index contributed by atoms with van der Waals surface area (Å²) in [6.45, 7) is 4.09. The predicted molar refractivity (Wildman–Crippen MR) is 42.5 cm³/mol. The molecule has 0 saturated heterocycles. The predicted octanol–water partition coefficient (Wildman–Crippen LogP) is 0.416. The first-order valence-corrected chi connectivity index (χ1v) is 3.34. The fraction of sp³-hybridized carbons (Fsp3) is 0.286. The van der Waals surface area contributed by atoms with E-state index in [1.807, 2.05) is 6.20 Å². The van der Waals surface area contributed by atoms with Crippen LogP contribution in [0.5, 0.6) is 0 Å². The van der Waals surface area contributed by atoms with Crippen LogP contribution in [0.25, 0.3) is 6.20 Å². The van der Waals surface area contributed by atoms with Crippen molar-refractivity contribution in [2.75, 3.05) is 6.61 Å². The fourth-order valence-corrected chi connectivity index (χ4v) is 0.783. The summed E-state index contributed by atoms with van der Waals surface area (Å²) in [5.74, 6) is 4.87. The molecule has 4 heteroatoms. The lowest BCUT2D eigenvalue weighted by molar-refractivity contribution is 0.141. The van der Waals surface area contributed by atoms with Gasteiger partial charge >= 0.3 is 0 Å². The van der Waals surface area contributed by atoms with Crippen LogP contribution in [0.15, 0.2) is 19.0 Å². The first kappa shape index (κ1) is 7.97. The summed E-state index contributed by atoms with van der Waals surface area (Å²) in [5, 5.41) is 3.99. The molecule has 0 aliphatic carbocycles. The second-order valence-corrected chi connectivity index (χ2v) is 2.13. The van der Waals surface area contributed by atoms with E-state index in [9.17, 15) is 0 Å². The molecule has 0 spiro atoms. The Labute approximate surface area is 65.2 Å². The van der Waals surface area contributed by atoms with Crippen molar-refractivity contribution in [2.45, 2.75) is 6.42 Å². The van der Waals surface area contributed by atoms with Crippen molar-refractivity contribution in [1.29, 1.82) is 0 Å². The molecule has 1 aromatic rings. The van der Waals surface area contributed by atoms with Crippen LogP contribution in [0.2, 0.25) is 0 Å². The van der Waals surface area contributed by atoms with E-state index in [0.717, 1.165) is 12.0 Å². The SMILES string of the molecule is C=Cn1cc(CCON)cn1. The van der Waals surface area contributed by atoms with Gasteiger partial charge in [-0.05, 0) is 5.56 Å². The van der Waals surface area contributed by atoms with Crippen LogP contribution in [0.4, 0.5) is 0 Å². The average Bonchev–Trinajstić information content (AvgIpc) is 2.48. The molecule has 0 amide bonds. The van der Waals surface area contributed by atoms with E-state index in [2.05, 4.69) is 16.5 Å². The second-order valence-electron chi connectivity index (χ2n) is 2.13. The summed E-state index contributed by atoms with van der Waals surface area (Å²) in [6.07, 6.45) is 6.06. The minimum atomic E-state index is 0.517. The molecule has 60 valence electrons. The van der Waals surface area contributed by atoms with Crippen molar-refractivity contribution in [1.82, 2.24) is 9.78 Å². The summed E-state index contributed by atoms with van der Waals surface area (Å²) in [4.78, 5) is 4.43. The van der Waals surface area contributed by atoms with E-state index in [1.165, 1.54) is 0 Å². The monoisotopic (exact) mass is 153 g/mol. The van der Waals surface area contributed by atoms with E-state index < -0.39 is 0 Å². The molecule has 0 aliphatic rings. The lowest BCUT2D eigenvalue weighted by Crippen LogP contribution is -2.02. The molecule has 1 aromatic heterocycles. The van der Waals surface area contributed by atoms with E-state index in [-0.39, 0.29) is 0 Å². The number of nitrogens with zero attached hydrogens (tertiary/aromatic N) is 2. The quantitative estimate of drug-likeness (QED) is 0.637. The first-order valence-electron chi connectivity index (χ1n) is 3.34. The molecule has 0 aliphatic heterocycles. The number of nitrogens with two attached hydrogens (primary N) is 1. The summed E-state index contributed by atoms with van der Waals surface area (Å²) in [5.41, 5.74) is 1.09. The third-order valence-corrected chi connectivity index (χ3v) is 1.35. The van der Waals surface area contributed by atoms with Gasteiger partial charge in [-0.2, -0.15) is 5.10 Å². The van der Waals surface area contributed by atoms with Gasteiger partial charge in [-0.1, -0.05) is 6.58 Å². The van der Waals surface area contributed by atoms with Crippen LogP contribution >= 0.6 is 0 Å². The van der Waals surface area contributed by atoms with Crippen LogP contribution in [-0.2, 0) is 11.3 Å². The highest BCUT2D eigenvalue weighted by Gasteiger charge is 1.94. The Balaban J connectivity index is 2.51. The molecule has 0 aromatic carbocycles. The molecule has 0 atom stereocenters. The molecule has 11 heavy (non-hydrogen) atoms. The van der Waals surface area contributed by atoms with Gasteiger partial charge < -0.3 is 4.84 Å². The van der Waals surface area contributed by atoms with Gasteiger partial charge in [0.2, 0.25) is 0 Å². The molecule has 2 N–H and O–H groups in total.